The first-order valence-corrected chi connectivity index (χ1v) is 5.70. The fraction of sp³-hybridized carbons (Fsp3) is 0.500. The fourth-order valence-corrected chi connectivity index (χ4v) is 0.737. The number of carbonyl (C=O) groups is 1. The van der Waals surface area contributed by atoms with E-state index in [9.17, 15) is 4.79 Å². The molecule has 0 spiro atoms. The van der Waals surface area contributed by atoms with Gasteiger partial charge in [-0.3, -0.25) is 0 Å². The highest BCUT2D eigenvalue weighted by atomic mass is 16.6. The highest BCUT2D eigenvalue weighted by Crippen LogP contribution is 2.12. The van der Waals surface area contributed by atoms with Crippen LogP contribution in [-0.4, -0.2) is 25.3 Å². The second-order valence-electron chi connectivity index (χ2n) is 3.99. The summed E-state index contributed by atoms with van der Waals surface area (Å²) in [5.74, 6) is 0.149. The van der Waals surface area contributed by atoms with Crippen LogP contribution < -0.4 is 0 Å². The lowest BCUT2D eigenvalue weighted by molar-refractivity contribution is -0.139. The van der Waals surface area contributed by atoms with Gasteiger partial charge in [0.05, 0.1) is 19.3 Å². The summed E-state index contributed by atoms with van der Waals surface area (Å²) in [6.07, 6.45) is 4.84. The van der Waals surface area contributed by atoms with Gasteiger partial charge in [-0.25, -0.2) is 4.79 Å². The van der Waals surface area contributed by atoms with Crippen molar-refractivity contribution >= 4 is 5.97 Å². The molecule has 0 N–H and O–H groups in total. The number of hydrogen-bond donors (Lipinski definition) is 0. The van der Waals surface area contributed by atoms with Crippen molar-refractivity contribution in [1.29, 1.82) is 0 Å². The quantitative estimate of drug-likeness (QED) is 0.309. The Labute approximate surface area is 104 Å². The molecule has 1 aliphatic heterocycles. The molecule has 1 heterocycles. The largest absolute Gasteiger partial charge is 0.462 e. The third kappa shape index (κ3) is 9.57. The van der Waals surface area contributed by atoms with Crippen molar-refractivity contribution < 1.29 is 14.3 Å². The lowest BCUT2D eigenvalue weighted by atomic mass is 10.2. The summed E-state index contributed by atoms with van der Waals surface area (Å²) in [4.78, 5) is 10.8. The van der Waals surface area contributed by atoms with E-state index in [-0.39, 0.29) is 5.97 Å². The Morgan fingerprint density at radius 2 is 2.06 bits per heavy atom. The molecule has 0 saturated carbocycles. The molecule has 0 radical (unpaired) electrons. The van der Waals surface area contributed by atoms with Crippen molar-refractivity contribution in [2.75, 3.05) is 13.2 Å². The summed E-state index contributed by atoms with van der Waals surface area (Å²) in [5, 5.41) is 0. The van der Waals surface area contributed by atoms with Crippen LogP contribution in [0.2, 0.25) is 0 Å². The van der Waals surface area contributed by atoms with E-state index in [4.69, 9.17) is 9.47 Å². The Morgan fingerprint density at radius 3 is 2.35 bits per heavy atom. The van der Waals surface area contributed by atoms with Crippen LogP contribution in [-0.2, 0) is 14.3 Å². The van der Waals surface area contributed by atoms with Crippen LogP contribution in [0.15, 0.2) is 37.5 Å². The molecule has 0 aromatic carbocycles. The van der Waals surface area contributed by atoms with Crippen molar-refractivity contribution in [3.05, 3.63) is 37.5 Å². The molecule has 0 aromatic heterocycles. The minimum Gasteiger partial charge on any atom is -0.462 e. The van der Waals surface area contributed by atoms with Gasteiger partial charge < -0.3 is 9.47 Å². The third-order valence-corrected chi connectivity index (χ3v) is 2.17. The smallest absolute Gasteiger partial charge is 0.333 e. The van der Waals surface area contributed by atoms with Gasteiger partial charge in [0, 0.05) is 12.0 Å². The standard InChI is InChI=1S/C8H12O3.C6H10/c1-6(2)8(9)10-4-3-7-5-11-7;1-4-6(3)5-2/h7H,1,3-5H2,2H3;4-6H,1-2H2,3H3. The molecule has 1 fully saturated rings. The van der Waals surface area contributed by atoms with Crippen molar-refractivity contribution in [3.8, 4) is 0 Å². The number of esters is 1. The Balaban J connectivity index is 0.000000366. The maximum absolute atomic E-state index is 10.8. The van der Waals surface area contributed by atoms with E-state index >= 15 is 0 Å². The molecule has 17 heavy (non-hydrogen) atoms. The number of epoxide rings is 1. The minimum atomic E-state index is -0.314. The number of rotatable bonds is 6. The van der Waals surface area contributed by atoms with Crippen molar-refractivity contribution in [2.24, 2.45) is 5.92 Å². The van der Waals surface area contributed by atoms with Crippen LogP contribution >= 0.6 is 0 Å². The zero-order valence-electron chi connectivity index (χ0n) is 10.8. The molecular weight excluding hydrogens is 216 g/mol. The van der Waals surface area contributed by atoms with Crippen LogP contribution in [0.1, 0.15) is 20.3 Å². The van der Waals surface area contributed by atoms with Gasteiger partial charge in [0.15, 0.2) is 0 Å². The molecule has 0 aliphatic carbocycles. The molecule has 1 rings (SSSR count). The van der Waals surface area contributed by atoms with Gasteiger partial charge in [-0.2, -0.15) is 0 Å². The Bertz CT molecular complexity index is 269. The lowest BCUT2D eigenvalue weighted by Crippen LogP contribution is -2.07. The third-order valence-electron chi connectivity index (χ3n) is 2.17. The molecule has 1 unspecified atom stereocenters. The van der Waals surface area contributed by atoms with Gasteiger partial charge >= 0.3 is 5.97 Å². The topological polar surface area (TPSA) is 38.8 Å². The summed E-state index contributed by atoms with van der Waals surface area (Å²) in [5.41, 5.74) is 0.446. The van der Waals surface area contributed by atoms with Gasteiger partial charge in [0.25, 0.3) is 0 Å². The molecule has 1 saturated heterocycles. The monoisotopic (exact) mass is 238 g/mol. The Kier molecular flexibility index (Phi) is 8.07. The van der Waals surface area contributed by atoms with Gasteiger partial charge in [-0.05, 0) is 12.8 Å². The molecule has 0 amide bonds. The average molecular weight is 238 g/mol. The zero-order valence-corrected chi connectivity index (χ0v) is 10.8. The average Bonchev–Trinajstić information content (AvgIpc) is 3.12. The van der Waals surface area contributed by atoms with Crippen molar-refractivity contribution in [3.63, 3.8) is 0 Å². The first-order chi connectivity index (χ1) is 8.01. The van der Waals surface area contributed by atoms with Crippen LogP contribution in [0.3, 0.4) is 0 Å². The second kappa shape index (κ2) is 8.76. The molecule has 1 aliphatic rings. The predicted molar refractivity (Wildman–Crippen MR) is 69.7 cm³/mol. The van der Waals surface area contributed by atoms with E-state index in [0.717, 1.165) is 13.0 Å². The number of allylic oxidation sites excluding steroid dienone is 2. The van der Waals surface area contributed by atoms with Gasteiger partial charge in [-0.15, -0.1) is 13.2 Å². The number of ether oxygens (including phenoxy) is 2. The molecular formula is C14H22O3. The first-order valence-electron chi connectivity index (χ1n) is 5.70. The van der Waals surface area contributed by atoms with Crippen LogP contribution in [0.4, 0.5) is 0 Å². The van der Waals surface area contributed by atoms with Gasteiger partial charge in [0.1, 0.15) is 0 Å². The van der Waals surface area contributed by atoms with Crippen molar-refractivity contribution in [1.82, 2.24) is 0 Å². The zero-order chi connectivity index (χ0) is 13.3. The van der Waals surface area contributed by atoms with Crippen LogP contribution in [0.5, 0.6) is 0 Å². The van der Waals surface area contributed by atoms with Crippen LogP contribution in [0, 0.1) is 5.92 Å². The maximum Gasteiger partial charge on any atom is 0.333 e. The van der Waals surface area contributed by atoms with Crippen molar-refractivity contribution in [2.45, 2.75) is 26.4 Å². The summed E-state index contributed by atoms with van der Waals surface area (Å²) in [6.45, 7) is 15.5. The normalized spacial score (nSPS) is 16.5. The summed E-state index contributed by atoms with van der Waals surface area (Å²) in [6, 6.07) is 0. The predicted octanol–water partition coefficient (Wildman–Crippen LogP) is 2.89. The summed E-state index contributed by atoms with van der Waals surface area (Å²) < 4.78 is 9.77. The van der Waals surface area contributed by atoms with E-state index < -0.39 is 0 Å². The fourth-order valence-electron chi connectivity index (χ4n) is 0.737. The van der Waals surface area contributed by atoms with Gasteiger partial charge in [0.2, 0.25) is 0 Å². The number of carbonyl (C=O) groups excluding carboxylic acids is 1. The van der Waals surface area contributed by atoms with Gasteiger partial charge in [-0.1, -0.05) is 25.7 Å². The van der Waals surface area contributed by atoms with E-state index in [1.165, 1.54) is 0 Å². The number of hydrogen-bond acceptors (Lipinski definition) is 3. The van der Waals surface area contributed by atoms with E-state index in [0.29, 0.717) is 24.2 Å². The molecule has 3 heteroatoms. The SMILES string of the molecule is C=C(C)C(=O)OCCC1CO1.C=CC(C)C=C. The molecule has 3 nitrogen and oxygen atoms in total. The lowest BCUT2D eigenvalue weighted by Gasteiger charge is -2.01. The second-order valence-corrected chi connectivity index (χ2v) is 3.99. The van der Waals surface area contributed by atoms with E-state index in [2.05, 4.69) is 19.7 Å². The van der Waals surface area contributed by atoms with E-state index in [1.807, 2.05) is 19.1 Å². The minimum absolute atomic E-state index is 0.314. The first kappa shape index (κ1) is 15.7. The highest BCUT2D eigenvalue weighted by Gasteiger charge is 2.22. The summed E-state index contributed by atoms with van der Waals surface area (Å²) in [7, 11) is 0. The maximum atomic E-state index is 10.8. The molecule has 0 bridgehead atoms. The summed E-state index contributed by atoms with van der Waals surface area (Å²) >= 11 is 0. The molecule has 1 atom stereocenters. The molecule has 96 valence electrons. The molecule has 0 aromatic rings. The Morgan fingerprint density at radius 1 is 1.53 bits per heavy atom. The van der Waals surface area contributed by atoms with E-state index in [1.54, 1.807) is 6.92 Å². The Hall–Kier alpha value is -1.35. The van der Waals surface area contributed by atoms with Crippen LogP contribution in [0.25, 0.3) is 0 Å². The highest BCUT2D eigenvalue weighted by molar-refractivity contribution is 5.86.